The van der Waals surface area contributed by atoms with E-state index in [-0.39, 0.29) is 11.9 Å². The van der Waals surface area contributed by atoms with Gasteiger partial charge in [-0.3, -0.25) is 4.79 Å². The van der Waals surface area contributed by atoms with Crippen molar-refractivity contribution >= 4 is 17.7 Å². The molecule has 1 unspecified atom stereocenters. The molecule has 0 aromatic carbocycles. The minimum Gasteiger partial charge on any atom is -0.340 e. The zero-order valence-electron chi connectivity index (χ0n) is 8.45. The Labute approximate surface area is 89.4 Å². The molecule has 0 bridgehead atoms. The highest BCUT2D eigenvalue weighted by Crippen LogP contribution is 2.32. The van der Waals surface area contributed by atoms with E-state index < -0.39 is 0 Å². The Kier molecular flexibility index (Phi) is 3.34. The summed E-state index contributed by atoms with van der Waals surface area (Å²) < 4.78 is 0. The van der Waals surface area contributed by atoms with Crippen LogP contribution in [0.15, 0.2) is 0 Å². The van der Waals surface area contributed by atoms with E-state index in [1.165, 1.54) is 5.75 Å². The van der Waals surface area contributed by atoms with Gasteiger partial charge in [0.2, 0.25) is 5.91 Å². The van der Waals surface area contributed by atoms with E-state index in [4.69, 9.17) is 5.73 Å². The second kappa shape index (κ2) is 4.53. The average molecular weight is 214 g/mol. The molecule has 1 aliphatic heterocycles. The standard InChI is InChI=1S/C10H18N2OS/c11-9(8-2-3-8)10(13)12-4-1-6-14-7-5-12/h8-9H,1-7,11H2. The highest BCUT2D eigenvalue weighted by Gasteiger charge is 2.35. The van der Waals surface area contributed by atoms with Crippen molar-refractivity contribution in [1.29, 1.82) is 0 Å². The van der Waals surface area contributed by atoms with Crippen molar-refractivity contribution in [1.82, 2.24) is 4.90 Å². The predicted molar refractivity (Wildman–Crippen MR) is 59.2 cm³/mol. The summed E-state index contributed by atoms with van der Waals surface area (Å²) in [4.78, 5) is 13.9. The molecule has 0 radical (unpaired) electrons. The normalized spacial score (nSPS) is 25.6. The molecule has 1 saturated heterocycles. The summed E-state index contributed by atoms with van der Waals surface area (Å²) in [6.07, 6.45) is 3.42. The van der Waals surface area contributed by atoms with E-state index in [0.29, 0.717) is 5.92 Å². The first-order valence-corrected chi connectivity index (χ1v) is 6.56. The molecular weight excluding hydrogens is 196 g/mol. The first-order chi connectivity index (χ1) is 6.79. The van der Waals surface area contributed by atoms with Crippen LogP contribution in [0.2, 0.25) is 0 Å². The summed E-state index contributed by atoms with van der Waals surface area (Å²) in [6, 6.07) is -0.210. The maximum absolute atomic E-state index is 11.9. The molecule has 0 aromatic heterocycles. The Morgan fingerprint density at radius 1 is 1.36 bits per heavy atom. The lowest BCUT2D eigenvalue weighted by atomic mass is 10.1. The van der Waals surface area contributed by atoms with Crippen LogP contribution in [-0.4, -0.2) is 41.4 Å². The molecule has 14 heavy (non-hydrogen) atoms. The van der Waals surface area contributed by atoms with Crippen molar-refractivity contribution in [3.05, 3.63) is 0 Å². The van der Waals surface area contributed by atoms with Crippen LogP contribution in [-0.2, 0) is 4.79 Å². The van der Waals surface area contributed by atoms with E-state index in [9.17, 15) is 4.79 Å². The summed E-state index contributed by atoms with van der Waals surface area (Å²) in [5.41, 5.74) is 5.91. The van der Waals surface area contributed by atoms with Gasteiger partial charge in [0.25, 0.3) is 0 Å². The number of carbonyl (C=O) groups excluding carboxylic acids is 1. The lowest BCUT2D eigenvalue weighted by Crippen LogP contribution is -2.45. The number of hydrogen-bond donors (Lipinski definition) is 1. The van der Waals surface area contributed by atoms with Crippen LogP contribution in [0.3, 0.4) is 0 Å². The first-order valence-electron chi connectivity index (χ1n) is 5.41. The van der Waals surface area contributed by atoms with Gasteiger partial charge in [-0.15, -0.1) is 0 Å². The molecule has 1 atom stereocenters. The predicted octanol–water partition coefficient (Wildman–Crippen LogP) is 0.689. The number of hydrogen-bond acceptors (Lipinski definition) is 3. The third kappa shape index (κ3) is 2.42. The molecule has 2 rings (SSSR count). The van der Waals surface area contributed by atoms with Gasteiger partial charge in [-0.05, 0) is 30.9 Å². The Bertz CT molecular complexity index is 210. The highest BCUT2D eigenvalue weighted by atomic mass is 32.2. The fourth-order valence-electron chi connectivity index (χ4n) is 1.83. The van der Waals surface area contributed by atoms with E-state index in [0.717, 1.165) is 38.1 Å². The smallest absolute Gasteiger partial charge is 0.239 e. The van der Waals surface area contributed by atoms with E-state index >= 15 is 0 Å². The highest BCUT2D eigenvalue weighted by molar-refractivity contribution is 7.99. The van der Waals surface area contributed by atoms with Gasteiger partial charge in [0, 0.05) is 18.8 Å². The lowest BCUT2D eigenvalue weighted by molar-refractivity contribution is -0.132. The third-order valence-corrected chi connectivity index (χ3v) is 4.00. The molecule has 1 saturated carbocycles. The molecule has 1 amide bonds. The quantitative estimate of drug-likeness (QED) is 0.735. The Balaban J connectivity index is 1.87. The molecule has 0 aromatic rings. The molecule has 1 aliphatic carbocycles. The summed E-state index contributed by atoms with van der Waals surface area (Å²) in [7, 11) is 0. The van der Waals surface area contributed by atoms with Crippen molar-refractivity contribution in [3.63, 3.8) is 0 Å². The molecule has 0 spiro atoms. The van der Waals surface area contributed by atoms with Crippen LogP contribution in [0.4, 0.5) is 0 Å². The van der Waals surface area contributed by atoms with Crippen molar-refractivity contribution in [2.75, 3.05) is 24.6 Å². The Morgan fingerprint density at radius 2 is 2.14 bits per heavy atom. The van der Waals surface area contributed by atoms with Gasteiger partial charge in [-0.2, -0.15) is 11.8 Å². The summed E-state index contributed by atoms with van der Waals surface area (Å²) >= 11 is 1.94. The fourth-order valence-corrected chi connectivity index (χ4v) is 2.72. The number of thioether (sulfide) groups is 1. The Morgan fingerprint density at radius 3 is 2.86 bits per heavy atom. The Hall–Kier alpha value is -0.220. The minimum absolute atomic E-state index is 0.190. The molecule has 80 valence electrons. The largest absolute Gasteiger partial charge is 0.340 e. The number of nitrogens with two attached hydrogens (primary N) is 1. The zero-order valence-corrected chi connectivity index (χ0v) is 9.26. The molecule has 1 heterocycles. The topological polar surface area (TPSA) is 46.3 Å². The fraction of sp³-hybridized carbons (Fsp3) is 0.900. The van der Waals surface area contributed by atoms with Crippen LogP contribution in [0.1, 0.15) is 19.3 Å². The SMILES string of the molecule is NC(C(=O)N1CCCSCC1)C1CC1. The van der Waals surface area contributed by atoms with Crippen molar-refractivity contribution < 1.29 is 4.79 Å². The van der Waals surface area contributed by atoms with Crippen molar-refractivity contribution in [2.45, 2.75) is 25.3 Å². The van der Waals surface area contributed by atoms with Crippen LogP contribution in [0.5, 0.6) is 0 Å². The monoisotopic (exact) mass is 214 g/mol. The third-order valence-electron chi connectivity index (χ3n) is 2.95. The molecule has 3 nitrogen and oxygen atoms in total. The first kappa shape index (κ1) is 10.3. The van der Waals surface area contributed by atoms with Crippen LogP contribution >= 0.6 is 11.8 Å². The maximum Gasteiger partial charge on any atom is 0.239 e. The van der Waals surface area contributed by atoms with Gasteiger partial charge in [0.05, 0.1) is 6.04 Å². The van der Waals surface area contributed by atoms with Gasteiger partial charge in [-0.1, -0.05) is 0 Å². The molecule has 2 aliphatic rings. The molecule has 4 heteroatoms. The van der Waals surface area contributed by atoms with Crippen LogP contribution in [0, 0.1) is 5.92 Å². The van der Waals surface area contributed by atoms with Gasteiger partial charge >= 0.3 is 0 Å². The number of nitrogens with zero attached hydrogens (tertiary/aromatic N) is 1. The number of carbonyl (C=O) groups is 1. The van der Waals surface area contributed by atoms with Crippen LogP contribution < -0.4 is 5.73 Å². The van der Waals surface area contributed by atoms with Crippen LogP contribution in [0.25, 0.3) is 0 Å². The average Bonchev–Trinajstić information content (AvgIpc) is 3.02. The van der Waals surface area contributed by atoms with Gasteiger partial charge in [-0.25, -0.2) is 0 Å². The van der Waals surface area contributed by atoms with E-state index in [1.807, 2.05) is 16.7 Å². The molecule has 2 fully saturated rings. The van der Waals surface area contributed by atoms with E-state index in [2.05, 4.69) is 0 Å². The minimum atomic E-state index is -0.210. The summed E-state index contributed by atoms with van der Waals surface area (Å²) in [6.45, 7) is 1.80. The van der Waals surface area contributed by atoms with Crippen molar-refractivity contribution in [3.8, 4) is 0 Å². The second-order valence-corrected chi connectivity index (χ2v) is 5.38. The van der Waals surface area contributed by atoms with Gasteiger partial charge in [0.1, 0.15) is 0 Å². The number of rotatable bonds is 2. The second-order valence-electron chi connectivity index (χ2n) is 4.15. The van der Waals surface area contributed by atoms with Crippen molar-refractivity contribution in [2.24, 2.45) is 11.7 Å². The lowest BCUT2D eigenvalue weighted by Gasteiger charge is -2.23. The summed E-state index contributed by atoms with van der Waals surface area (Å²) in [5, 5.41) is 0. The maximum atomic E-state index is 11.9. The van der Waals surface area contributed by atoms with E-state index in [1.54, 1.807) is 0 Å². The number of amides is 1. The summed E-state index contributed by atoms with van der Waals surface area (Å²) in [5.74, 6) is 2.93. The molecular formula is C10H18N2OS. The zero-order chi connectivity index (χ0) is 9.97. The molecule has 2 N–H and O–H groups in total. The van der Waals surface area contributed by atoms with Gasteiger partial charge in [0.15, 0.2) is 0 Å². The van der Waals surface area contributed by atoms with Gasteiger partial charge < -0.3 is 10.6 Å².